The smallest absolute Gasteiger partial charge is 0.252 e. The highest BCUT2D eigenvalue weighted by molar-refractivity contribution is 7.26. The zero-order valence-electron chi connectivity index (χ0n) is 36.2. The molecule has 2 aliphatic heterocycles. The molecule has 0 fully saturated rings. The van der Waals surface area contributed by atoms with E-state index in [0.29, 0.717) is 0 Å². The molecule has 0 amide bonds. The minimum atomic E-state index is -0.0453. The number of nitrogens with zero attached hydrogens (tertiary/aromatic N) is 2. The fraction of sp³-hybridized carbons (Fsp3) is 0. The molecular formula is C62H37BN2S2. The zero-order chi connectivity index (χ0) is 43.7. The highest BCUT2D eigenvalue weighted by Crippen LogP contribution is 2.52. The van der Waals surface area contributed by atoms with E-state index >= 15 is 0 Å². The quantitative estimate of drug-likeness (QED) is 0.163. The van der Waals surface area contributed by atoms with Crippen LogP contribution in [0.25, 0.3) is 84.1 Å². The third kappa shape index (κ3) is 5.38. The van der Waals surface area contributed by atoms with E-state index in [9.17, 15) is 0 Å². The maximum atomic E-state index is 2.61. The maximum absolute atomic E-state index is 2.61. The molecule has 0 radical (unpaired) electrons. The molecule has 0 saturated carbocycles. The van der Waals surface area contributed by atoms with Gasteiger partial charge < -0.3 is 9.80 Å². The van der Waals surface area contributed by atoms with Crippen LogP contribution in [0.1, 0.15) is 0 Å². The Hall–Kier alpha value is -7.96. The number of hydrogen-bond acceptors (Lipinski definition) is 4. The van der Waals surface area contributed by atoms with Gasteiger partial charge in [-0.05, 0) is 108 Å². The van der Waals surface area contributed by atoms with Crippen LogP contribution in [0.15, 0.2) is 224 Å². The molecule has 0 spiro atoms. The van der Waals surface area contributed by atoms with E-state index in [0.717, 1.165) is 0 Å². The summed E-state index contributed by atoms with van der Waals surface area (Å²) in [5, 5.41) is 10.2. The van der Waals surface area contributed by atoms with Gasteiger partial charge in [0.15, 0.2) is 0 Å². The zero-order valence-corrected chi connectivity index (χ0v) is 37.8. The molecule has 2 nitrogen and oxygen atoms in total. The lowest BCUT2D eigenvalue weighted by atomic mass is 9.33. The van der Waals surface area contributed by atoms with Gasteiger partial charge in [0.1, 0.15) is 0 Å². The van der Waals surface area contributed by atoms with Crippen LogP contribution in [-0.2, 0) is 0 Å². The maximum Gasteiger partial charge on any atom is 0.252 e. The second-order valence-corrected chi connectivity index (χ2v) is 20.1. The van der Waals surface area contributed by atoms with E-state index in [1.807, 2.05) is 22.7 Å². The molecule has 67 heavy (non-hydrogen) atoms. The van der Waals surface area contributed by atoms with Crippen LogP contribution in [0.3, 0.4) is 0 Å². The van der Waals surface area contributed by atoms with Crippen molar-refractivity contribution < 1.29 is 0 Å². The standard InChI is InChI=1S/C62H37BN2S2/c1-3-18-40(19-4-1)60-42-22-9-7-16-38(42)30-32-50(60)64-52-26-15-27-53-62(52)63(48-34-46-44-24-11-13-28-56(44)66-58(46)36-54(48)64)49-35-47-45-25-12-14-29-57(45)67-59(47)37-55(49)65(53)51-33-31-39-17-8-10-23-43(39)61(51)41-20-5-2-6-21-41/h1-37H. The first kappa shape index (κ1) is 37.3. The van der Waals surface area contributed by atoms with Crippen molar-refractivity contribution in [1.29, 1.82) is 0 Å². The van der Waals surface area contributed by atoms with Gasteiger partial charge in [0.05, 0.1) is 11.4 Å². The van der Waals surface area contributed by atoms with E-state index in [1.54, 1.807) is 0 Å². The average Bonchev–Trinajstić information content (AvgIpc) is 3.94. The monoisotopic (exact) mass is 884 g/mol. The van der Waals surface area contributed by atoms with Gasteiger partial charge in [0, 0.05) is 63.4 Å². The predicted octanol–water partition coefficient (Wildman–Crippen LogP) is 16.1. The van der Waals surface area contributed by atoms with Crippen LogP contribution < -0.4 is 26.2 Å². The Morgan fingerprint density at radius 3 is 1.18 bits per heavy atom. The molecule has 0 saturated heterocycles. The number of hydrogen-bond donors (Lipinski definition) is 0. The highest BCUT2D eigenvalue weighted by atomic mass is 32.1. The Balaban J connectivity index is 1.11. The molecule has 5 heteroatoms. The van der Waals surface area contributed by atoms with Crippen LogP contribution in [0, 0.1) is 0 Å². The fourth-order valence-corrected chi connectivity index (χ4v) is 13.8. The molecule has 0 aliphatic carbocycles. The molecule has 2 aromatic heterocycles. The first-order chi connectivity index (χ1) is 33.2. The Morgan fingerprint density at radius 2 is 0.701 bits per heavy atom. The Kier molecular flexibility index (Phi) is 7.94. The molecule has 0 unspecified atom stereocenters. The number of benzene rings is 11. The third-order valence-corrected chi connectivity index (χ3v) is 16.7. The minimum Gasteiger partial charge on any atom is -0.311 e. The lowest BCUT2D eigenvalue weighted by molar-refractivity contribution is 1.26. The summed E-state index contributed by atoms with van der Waals surface area (Å²) in [6.45, 7) is -0.0453. The topological polar surface area (TPSA) is 6.48 Å². The Morgan fingerprint density at radius 1 is 0.284 bits per heavy atom. The van der Waals surface area contributed by atoms with Gasteiger partial charge >= 0.3 is 0 Å². The van der Waals surface area contributed by atoms with E-state index in [-0.39, 0.29) is 6.71 Å². The highest BCUT2D eigenvalue weighted by Gasteiger charge is 2.45. The van der Waals surface area contributed by atoms with Gasteiger partial charge in [-0.2, -0.15) is 0 Å². The second-order valence-electron chi connectivity index (χ2n) is 17.9. The van der Waals surface area contributed by atoms with Crippen molar-refractivity contribution in [2.24, 2.45) is 0 Å². The van der Waals surface area contributed by atoms with Crippen molar-refractivity contribution in [3.05, 3.63) is 224 Å². The lowest BCUT2D eigenvalue weighted by Gasteiger charge is -2.45. The molecular weight excluding hydrogens is 848 g/mol. The molecule has 310 valence electrons. The van der Waals surface area contributed by atoms with E-state index in [2.05, 4.69) is 234 Å². The molecule has 13 aromatic rings. The van der Waals surface area contributed by atoms with Crippen LogP contribution in [0.5, 0.6) is 0 Å². The van der Waals surface area contributed by atoms with Crippen molar-refractivity contribution >= 4 is 142 Å². The fourth-order valence-electron chi connectivity index (χ4n) is 11.6. The van der Waals surface area contributed by atoms with Crippen molar-refractivity contribution in [1.82, 2.24) is 0 Å². The second kappa shape index (κ2) is 14.3. The normalized spacial score (nSPS) is 13.0. The summed E-state index contributed by atoms with van der Waals surface area (Å²) < 4.78 is 5.22. The number of anilines is 6. The van der Waals surface area contributed by atoms with Crippen molar-refractivity contribution in [2.45, 2.75) is 0 Å². The van der Waals surface area contributed by atoms with Crippen LogP contribution >= 0.6 is 22.7 Å². The largest absolute Gasteiger partial charge is 0.311 e. The predicted molar refractivity (Wildman–Crippen MR) is 292 cm³/mol. The van der Waals surface area contributed by atoms with Crippen LogP contribution in [0.2, 0.25) is 0 Å². The van der Waals surface area contributed by atoms with E-state index in [1.165, 1.54) is 135 Å². The molecule has 0 N–H and O–H groups in total. The number of thiophene rings is 2. The molecule has 4 heterocycles. The number of rotatable bonds is 4. The first-order valence-electron chi connectivity index (χ1n) is 23.0. The SMILES string of the molecule is c1ccc(-c2c(N3c4cc5sc6ccccc6c5cc4B4c5cc6c(cc5N(c5ccc7ccccc7c5-c5ccccc5)c5cccc3c54)sc3ccccc36)ccc3ccccc23)cc1. The Labute approximate surface area is 395 Å². The summed E-state index contributed by atoms with van der Waals surface area (Å²) in [5.41, 5.74) is 16.0. The summed E-state index contributed by atoms with van der Waals surface area (Å²) in [6.07, 6.45) is 0. The van der Waals surface area contributed by atoms with Gasteiger partial charge in [0.25, 0.3) is 6.71 Å². The van der Waals surface area contributed by atoms with Crippen LogP contribution in [-0.4, -0.2) is 6.71 Å². The van der Waals surface area contributed by atoms with Gasteiger partial charge in [-0.25, -0.2) is 0 Å². The summed E-state index contributed by atoms with van der Waals surface area (Å²) >= 11 is 3.79. The number of fused-ring (bicyclic) bond motifs is 12. The van der Waals surface area contributed by atoms with E-state index in [4.69, 9.17) is 0 Å². The Bertz CT molecular complexity index is 3930. The van der Waals surface area contributed by atoms with Crippen molar-refractivity contribution in [3.8, 4) is 22.3 Å². The summed E-state index contributed by atoms with van der Waals surface area (Å²) in [6, 6.07) is 84.2. The average molecular weight is 885 g/mol. The molecule has 15 rings (SSSR count). The van der Waals surface area contributed by atoms with Crippen LogP contribution in [0.4, 0.5) is 34.1 Å². The summed E-state index contributed by atoms with van der Waals surface area (Å²) in [7, 11) is 0. The van der Waals surface area contributed by atoms with E-state index < -0.39 is 0 Å². The molecule has 0 atom stereocenters. The summed E-state index contributed by atoms with van der Waals surface area (Å²) in [5.74, 6) is 0. The van der Waals surface area contributed by atoms with Gasteiger partial charge in [-0.1, -0.05) is 176 Å². The third-order valence-electron chi connectivity index (χ3n) is 14.4. The van der Waals surface area contributed by atoms with Crippen molar-refractivity contribution in [3.63, 3.8) is 0 Å². The first-order valence-corrected chi connectivity index (χ1v) is 24.7. The van der Waals surface area contributed by atoms with Gasteiger partial charge in [-0.3, -0.25) is 0 Å². The molecule has 11 aromatic carbocycles. The minimum absolute atomic E-state index is 0.0453. The summed E-state index contributed by atoms with van der Waals surface area (Å²) in [4.78, 5) is 5.23. The lowest BCUT2D eigenvalue weighted by Crippen LogP contribution is -2.61. The van der Waals surface area contributed by atoms with Gasteiger partial charge in [-0.15, -0.1) is 22.7 Å². The van der Waals surface area contributed by atoms with Crippen molar-refractivity contribution in [2.75, 3.05) is 9.80 Å². The molecule has 2 aliphatic rings. The van der Waals surface area contributed by atoms with Gasteiger partial charge in [0.2, 0.25) is 0 Å². The molecule has 0 bridgehead atoms.